The fourth-order valence-electron chi connectivity index (χ4n) is 2.02. The molecule has 4 nitrogen and oxygen atoms in total. The van der Waals surface area contributed by atoms with E-state index in [1.807, 2.05) is 30.3 Å². The van der Waals surface area contributed by atoms with Crippen molar-refractivity contribution >= 4 is 17.3 Å². The highest BCUT2D eigenvalue weighted by atomic mass is 35.5. The number of rotatable bonds is 3. The van der Waals surface area contributed by atoms with Crippen LogP contribution in [0.25, 0.3) is 0 Å². The fourth-order valence-corrected chi connectivity index (χ4v) is 2.31. The molecule has 0 amide bonds. The average Bonchev–Trinajstić information content (AvgIpc) is 2.45. The molecule has 1 aliphatic heterocycles. The molecule has 0 unspecified atom stereocenters. The first-order valence-electron chi connectivity index (χ1n) is 6.29. The van der Waals surface area contributed by atoms with Crippen molar-refractivity contribution in [2.75, 3.05) is 18.9 Å². The third-order valence-corrected chi connectivity index (χ3v) is 3.20. The first-order chi connectivity index (χ1) is 9.72. The number of anilines is 1. The fraction of sp³-hybridized carbons (Fsp3) is 0.200. The van der Waals surface area contributed by atoms with E-state index >= 15 is 0 Å². The van der Waals surface area contributed by atoms with E-state index in [1.165, 1.54) is 0 Å². The molecular formula is C15H14ClNO3. The molecule has 2 aromatic rings. The van der Waals surface area contributed by atoms with Gasteiger partial charge in [0.1, 0.15) is 25.6 Å². The van der Waals surface area contributed by atoms with Gasteiger partial charge in [-0.25, -0.2) is 0 Å². The van der Waals surface area contributed by atoms with Gasteiger partial charge in [-0.1, -0.05) is 17.7 Å². The lowest BCUT2D eigenvalue weighted by molar-refractivity contribution is 0.171. The van der Waals surface area contributed by atoms with Crippen LogP contribution in [0, 0.1) is 0 Å². The van der Waals surface area contributed by atoms with E-state index in [-0.39, 0.29) is 0 Å². The number of hydrogen-bond donors (Lipinski definition) is 1. The van der Waals surface area contributed by atoms with Crippen LogP contribution in [0.3, 0.4) is 0 Å². The predicted octanol–water partition coefficient (Wildman–Crippen LogP) is 3.27. The van der Waals surface area contributed by atoms with Crippen LogP contribution in [0.15, 0.2) is 36.4 Å². The van der Waals surface area contributed by atoms with Gasteiger partial charge in [-0.15, -0.1) is 0 Å². The van der Waals surface area contributed by atoms with Crippen molar-refractivity contribution in [2.24, 2.45) is 0 Å². The van der Waals surface area contributed by atoms with E-state index in [1.54, 1.807) is 6.07 Å². The SMILES string of the molecule is Nc1cccc(OCc2cc(Cl)c3c(c2)OCCO3)c1. The number of benzene rings is 2. The number of nitrogens with two attached hydrogens (primary N) is 1. The average molecular weight is 292 g/mol. The Balaban J connectivity index is 1.76. The summed E-state index contributed by atoms with van der Waals surface area (Å²) in [6, 6.07) is 11.0. The Hall–Kier alpha value is -2.07. The van der Waals surface area contributed by atoms with Gasteiger partial charge in [0, 0.05) is 11.8 Å². The Labute approximate surface area is 122 Å². The van der Waals surface area contributed by atoms with Crippen molar-refractivity contribution in [2.45, 2.75) is 6.61 Å². The minimum absolute atomic E-state index is 0.389. The lowest BCUT2D eigenvalue weighted by Crippen LogP contribution is -2.16. The minimum Gasteiger partial charge on any atom is -0.489 e. The Bertz CT molecular complexity index is 631. The molecule has 0 atom stereocenters. The zero-order chi connectivity index (χ0) is 13.9. The summed E-state index contributed by atoms with van der Waals surface area (Å²) >= 11 is 6.17. The summed E-state index contributed by atoms with van der Waals surface area (Å²) in [5.41, 5.74) is 7.29. The van der Waals surface area contributed by atoms with E-state index < -0.39 is 0 Å². The van der Waals surface area contributed by atoms with E-state index in [4.69, 9.17) is 31.5 Å². The van der Waals surface area contributed by atoms with Gasteiger partial charge < -0.3 is 19.9 Å². The number of fused-ring (bicyclic) bond motifs is 1. The van der Waals surface area contributed by atoms with Crippen LogP contribution in [0.5, 0.6) is 17.2 Å². The smallest absolute Gasteiger partial charge is 0.179 e. The quantitative estimate of drug-likeness (QED) is 0.882. The zero-order valence-electron chi connectivity index (χ0n) is 10.8. The second-order valence-electron chi connectivity index (χ2n) is 4.46. The monoisotopic (exact) mass is 291 g/mol. The maximum absolute atomic E-state index is 6.17. The standard InChI is InChI=1S/C15H14ClNO3/c16-13-6-10(7-14-15(13)19-5-4-18-14)9-20-12-3-1-2-11(17)8-12/h1-3,6-8H,4-5,9,17H2. The Morgan fingerprint density at radius 2 is 2.00 bits per heavy atom. The molecule has 0 fully saturated rings. The largest absolute Gasteiger partial charge is 0.489 e. The van der Waals surface area contributed by atoms with Crippen LogP contribution in [0.2, 0.25) is 5.02 Å². The maximum atomic E-state index is 6.17. The highest BCUT2D eigenvalue weighted by Crippen LogP contribution is 2.38. The summed E-state index contributed by atoms with van der Waals surface area (Å²) < 4.78 is 16.7. The molecule has 20 heavy (non-hydrogen) atoms. The van der Waals surface area contributed by atoms with Gasteiger partial charge in [0.05, 0.1) is 5.02 Å². The number of halogens is 1. The molecular weight excluding hydrogens is 278 g/mol. The molecule has 1 heterocycles. The molecule has 0 saturated carbocycles. The van der Waals surface area contributed by atoms with Gasteiger partial charge in [0.2, 0.25) is 0 Å². The summed E-state index contributed by atoms with van der Waals surface area (Å²) in [5.74, 6) is 1.98. The highest BCUT2D eigenvalue weighted by Gasteiger charge is 2.16. The first kappa shape index (κ1) is 12.9. The molecule has 5 heteroatoms. The summed E-state index contributed by atoms with van der Waals surface area (Å²) in [5, 5.41) is 0.536. The van der Waals surface area contributed by atoms with Gasteiger partial charge in [0.15, 0.2) is 11.5 Å². The molecule has 0 bridgehead atoms. The second-order valence-corrected chi connectivity index (χ2v) is 4.87. The zero-order valence-corrected chi connectivity index (χ0v) is 11.5. The molecule has 2 aromatic carbocycles. The second kappa shape index (κ2) is 5.51. The van der Waals surface area contributed by atoms with Gasteiger partial charge in [-0.05, 0) is 29.8 Å². The van der Waals surface area contributed by atoms with Crippen molar-refractivity contribution < 1.29 is 14.2 Å². The molecule has 1 aliphatic rings. The Morgan fingerprint density at radius 3 is 2.85 bits per heavy atom. The maximum Gasteiger partial charge on any atom is 0.179 e. The number of nitrogen functional groups attached to an aromatic ring is 1. The van der Waals surface area contributed by atoms with Crippen molar-refractivity contribution in [1.82, 2.24) is 0 Å². The number of ether oxygens (including phenoxy) is 3. The third kappa shape index (κ3) is 2.75. The van der Waals surface area contributed by atoms with Crippen LogP contribution in [0.4, 0.5) is 5.69 Å². The van der Waals surface area contributed by atoms with E-state index in [2.05, 4.69) is 0 Å². The Morgan fingerprint density at radius 1 is 1.15 bits per heavy atom. The van der Waals surface area contributed by atoms with Crippen LogP contribution in [-0.2, 0) is 6.61 Å². The molecule has 0 aromatic heterocycles. The lowest BCUT2D eigenvalue weighted by atomic mass is 10.2. The van der Waals surface area contributed by atoms with Gasteiger partial charge in [-0.3, -0.25) is 0 Å². The van der Waals surface area contributed by atoms with Crippen LogP contribution < -0.4 is 19.9 Å². The first-order valence-corrected chi connectivity index (χ1v) is 6.66. The van der Waals surface area contributed by atoms with Crippen LogP contribution >= 0.6 is 11.6 Å². The van der Waals surface area contributed by atoms with Gasteiger partial charge in [0.25, 0.3) is 0 Å². The van der Waals surface area contributed by atoms with E-state index in [9.17, 15) is 0 Å². The molecule has 0 aliphatic carbocycles. The summed E-state index contributed by atoms with van der Waals surface area (Å²) in [7, 11) is 0. The van der Waals surface area contributed by atoms with Gasteiger partial charge in [-0.2, -0.15) is 0 Å². The molecule has 2 N–H and O–H groups in total. The summed E-state index contributed by atoms with van der Waals surface area (Å²) in [6.07, 6.45) is 0. The molecule has 104 valence electrons. The summed E-state index contributed by atoms with van der Waals surface area (Å²) in [6.45, 7) is 1.44. The normalized spacial score (nSPS) is 13.1. The minimum atomic E-state index is 0.389. The Kier molecular flexibility index (Phi) is 3.56. The topological polar surface area (TPSA) is 53.7 Å². The van der Waals surface area contributed by atoms with Crippen LogP contribution in [0.1, 0.15) is 5.56 Å². The van der Waals surface area contributed by atoms with Crippen molar-refractivity contribution in [3.8, 4) is 17.2 Å². The molecule has 0 saturated heterocycles. The lowest BCUT2D eigenvalue weighted by Gasteiger charge is -2.20. The van der Waals surface area contributed by atoms with Crippen molar-refractivity contribution in [3.63, 3.8) is 0 Å². The highest BCUT2D eigenvalue weighted by molar-refractivity contribution is 6.32. The molecule has 3 rings (SSSR count). The van der Waals surface area contributed by atoms with Gasteiger partial charge >= 0.3 is 0 Å². The summed E-state index contributed by atoms with van der Waals surface area (Å²) in [4.78, 5) is 0. The third-order valence-electron chi connectivity index (χ3n) is 2.92. The predicted molar refractivity (Wildman–Crippen MR) is 77.6 cm³/mol. The molecule has 0 spiro atoms. The van der Waals surface area contributed by atoms with E-state index in [0.29, 0.717) is 42.0 Å². The molecule has 0 radical (unpaired) electrons. The van der Waals surface area contributed by atoms with Crippen molar-refractivity contribution in [1.29, 1.82) is 0 Å². The number of hydrogen-bond acceptors (Lipinski definition) is 4. The van der Waals surface area contributed by atoms with Crippen LogP contribution in [-0.4, -0.2) is 13.2 Å². The van der Waals surface area contributed by atoms with Crippen molar-refractivity contribution in [3.05, 3.63) is 47.0 Å². The van der Waals surface area contributed by atoms with E-state index in [0.717, 1.165) is 11.3 Å².